The third-order valence-corrected chi connectivity index (χ3v) is 6.64. The highest BCUT2D eigenvalue weighted by molar-refractivity contribution is 5.34. The van der Waals surface area contributed by atoms with Crippen molar-refractivity contribution in [3.8, 4) is 5.75 Å². The topological polar surface area (TPSA) is 9.23 Å². The molecule has 0 aromatic heterocycles. The first-order valence-electron chi connectivity index (χ1n) is 10.1. The van der Waals surface area contributed by atoms with Gasteiger partial charge in [-0.25, -0.2) is 4.39 Å². The van der Waals surface area contributed by atoms with Crippen LogP contribution in [0.25, 0.3) is 0 Å². The Morgan fingerprint density at radius 1 is 0.846 bits per heavy atom. The first kappa shape index (κ1) is 19.6. The van der Waals surface area contributed by atoms with E-state index >= 15 is 0 Å². The summed E-state index contributed by atoms with van der Waals surface area (Å²) in [6, 6.07) is 2.73. The molecule has 0 saturated heterocycles. The molecule has 1 aromatic carbocycles. The lowest BCUT2D eigenvalue weighted by Gasteiger charge is -2.38. The Labute approximate surface area is 155 Å². The summed E-state index contributed by atoms with van der Waals surface area (Å²) in [5.74, 6) is 1.11. The second-order valence-electron chi connectivity index (χ2n) is 8.67. The summed E-state index contributed by atoms with van der Waals surface area (Å²) in [6.45, 7) is 5.46. The van der Waals surface area contributed by atoms with Crippen molar-refractivity contribution in [2.45, 2.75) is 78.2 Å². The van der Waals surface area contributed by atoms with Crippen LogP contribution in [-0.4, -0.2) is 6.11 Å². The highest BCUT2D eigenvalue weighted by atomic mass is 19.3. The summed E-state index contributed by atoms with van der Waals surface area (Å²) in [6.07, 6.45) is 4.69. The summed E-state index contributed by atoms with van der Waals surface area (Å²) in [4.78, 5) is 0. The molecule has 0 atom stereocenters. The fourth-order valence-electron chi connectivity index (χ4n) is 4.89. The Hall–Kier alpha value is -1.19. The van der Waals surface area contributed by atoms with Crippen LogP contribution in [0.4, 0.5) is 13.2 Å². The van der Waals surface area contributed by atoms with Crippen LogP contribution in [0.15, 0.2) is 12.1 Å². The van der Waals surface area contributed by atoms with Crippen molar-refractivity contribution in [3.05, 3.63) is 29.1 Å². The van der Waals surface area contributed by atoms with Gasteiger partial charge in [0.25, 0.3) is 0 Å². The normalized spacial score (nSPS) is 30.2. The molecular weight excluding hydrogens is 337 g/mol. The van der Waals surface area contributed by atoms with Crippen LogP contribution in [-0.2, 0) is 0 Å². The summed E-state index contributed by atoms with van der Waals surface area (Å²) in [7, 11) is 0. The van der Waals surface area contributed by atoms with Crippen LogP contribution in [0, 0.1) is 43.3 Å². The van der Waals surface area contributed by atoms with Crippen LogP contribution < -0.4 is 4.74 Å². The number of benzene rings is 1. The summed E-state index contributed by atoms with van der Waals surface area (Å²) >= 11 is 0. The van der Waals surface area contributed by atoms with Gasteiger partial charge in [-0.2, -0.15) is 8.78 Å². The van der Waals surface area contributed by atoms with E-state index in [-0.39, 0.29) is 11.6 Å². The second-order valence-corrected chi connectivity index (χ2v) is 8.67. The molecule has 0 aliphatic heterocycles. The first-order valence-corrected chi connectivity index (χ1v) is 10.1. The maximum absolute atomic E-state index is 14.7. The molecule has 0 radical (unpaired) electrons. The number of hydrogen-bond donors (Lipinski definition) is 0. The average Bonchev–Trinajstić information content (AvgIpc) is 2.60. The average molecular weight is 368 g/mol. The fourth-order valence-corrected chi connectivity index (χ4v) is 4.89. The number of hydrogen-bond acceptors (Lipinski definition) is 1. The lowest BCUT2D eigenvalue weighted by atomic mass is 9.69. The minimum atomic E-state index is -3.19. The van der Waals surface area contributed by atoms with Crippen molar-refractivity contribution in [1.29, 1.82) is 0 Å². The number of ether oxygens (including phenoxy) is 1. The molecule has 4 heteroatoms. The Morgan fingerprint density at radius 3 is 1.81 bits per heavy atom. The molecule has 146 valence electrons. The molecule has 0 amide bonds. The van der Waals surface area contributed by atoms with Gasteiger partial charge in [-0.05, 0) is 93.4 Å². The highest BCUT2D eigenvalue weighted by Gasteiger charge is 2.45. The zero-order valence-electron chi connectivity index (χ0n) is 16.2. The molecule has 1 aromatic rings. The van der Waals surface area contributed by atoms with E-state index in [0.717, 1.165) is 24.7 Å². The molecule has 0 bridgehead atoms. The van der Waals surface area contributed by atoms with Gasteiger partial charge in [0.15, 0.2) is 0 Å². The second kappa shape index (κ2) is 7.82. The molecule has 0 spiro atoms. The predicted octanol–water partition coefficient (Wildman–Crippen LogP) is 7.05. The largest absolute Gasteiger partial charge is 0.432 e. The molecule has 0 N–H and O–H groups in total. The van der Waals surface area contributed by atoms with Crippen molar-refractivity contribution < 1.29 is 17.9 Å². The van der Waals surface area contributed by atoms with Gasteiger partial charge in [0.2, 0.25) is 0 Å². The molecule has 2 fully saturated rings. The SMILES string of the molecule is Cc1cc(OC(F)(F)C2CCC(C3CCC(C)CC3)CC2)cc(C)c1F. The molecule has 2 aliphatic carbocycles. The van der Waals surface area contributed by atoms with E-state index in [1.165, 1.54) is 37.8 Å². The Balaban J connectivity index is 1.57. The van der Waals surface area contributed by atoms with Gasteiger partial charge in [0.05, 0.1) is 5.92 Å². The monoisotopic (exact) mass is 368 g/mol. The molecule has 1 nitrogen and oxygen atoms in total. The molecular formula is C22H31F3O. The lowest BCUT2D eigenvalue weighted by molar-refractivity contribution is -0.224. The number of aryl methyl sites for hydroxylation is 2. The number of alkyl halides is 2. The van der Waals surface area contributed by atoms with Crippen molar-refractivity contribution in [3.63, 3.8) is 0 Å². The lowest BCUT2D eigenvalue weighted by Crippen LogP contribution is -2.38. The smallest absolute Gasteiger partial charge is 0.400 e. The minimum Gasteiger partial charge on any atom is -0.432 e. The van der Waals surface area contributed by atoms with E-state index in [1.807, 2.05) is 0 Å². The maximum Gasteiger partial charge on any atom is 0.400 e. The third-order valence-electron chi connectivity index (χ3n) is 6.64. The standard InChI is InChI=1S/C22H31F3O/c1-14-4-6-17(7-5-14)18-8-10-19(11-9-18)22(24,25)26-20-12-15(2)21(23)16(3)13-20/h12-14,17-19H,4-11H2,1-3H3. The van der Waals surface area contributed by atoms with Crippen LogP contribution in [0.2, 0.25) is 0 Å². The molecule has 2 saturated carbocycles. The van der Waals surface area contributed by atoms with E-state index < -0.39 is 12.0 Å². The van der Waals surface area contributed by atoms with E-state index in [1.54, 1.807) is 13.8 Å². The van der Waals surface area contributed by atoms with E-state index in [4.69, 9.17) is 4.74 Å². The quantitative estimate of drug-likeness (QED) is 0.553. The van der Waals surface area contributed by atoms with Gasteiger partial charge < -0.3 is 4.74 Å². The predicted molar refractivity (Wildman–Crippen MR) is 98.0 cm³/mol. The van der Waals surface area contributed by atoms with E-state index in [9.17, 15) is 13.2 Å². The first-order chi connectivity index (χ1) is 12.3. The van der Waals surface area contributed by atoms with Crippen LogP contribution >= 0.6 is 0 Å². The fraction of sp³-hybridized carbons (Fsp3) is 0.727. The van der Waals surface area contributed by atoms with Gasteiger partial charge in [-0.3, -0.25) is 0 Å². The zero-order valence-corrected chi connectivity index (χ0v) is 16.2. The number of halogens is 3. The van der Waals surface area contributed by atoms with Gasteiger partial charge in [0.1, 0.15) is 11.6 Å². The van der Waals surface area contributed by atoms with Crippen LogP contribution in [0.5, 0.6) is 5.75 Å². The minimum absolute atomic E-state index is 0.0646. The van der Waals surface area contributed by atoms with Crippen molar-refractivity contribution >= 4 is 0 Å². The summed E-state index contributed by atoms with van der Waals surface area (Å²) < 4.78 is 48.1. The van der Waals surface area contributed by atoms with Crippen molar-refractivity contribution in [2.75, 3.05) is 0 Å². The van der Waals surface area contributed by atoms with Crippen LogP contribution in [0.3, 0.4) is 0 Å². The highest BCUT2D eigenvalue weighted by Crippen LogP contribution is 2.45. The Morgan fingerprint density at radius 2 is 1.31 bits per heavy atom. The van der Waals surface area contributed by atoms with E-state index in [2.05, 4.69) is 6.92 Å². The molecule has 26 heavy (non-hydrogen) atoms. The van der Waals surface area contributed by atoms with Crippen molar-refractivity contribution in [2.24, 2.45) is 23.7 Å². The number of rotatable bonds is 4. The van der Waals surface area contributed by atoms with E-state index in [0.29, 0.717) is 29.9 Å². The van der Waals surface area contributed by atoms with Crippen molar-refractivity contribution in [1.82, 2.24) is 0 Å². The molecule has 0 heterocycles. The van der Waals surface area contributed by atoms with Gasteiger partial charge in [0, 0.05) is 0 Å². The van der Waals surface area contributed by atoms with Gasteiger partial charge in [-0.1, -0.05) is 19.8 Å². The van der Waals surface area contributed by atoms with Gasteiger partial charge >= 0.3 is 6.11 Å². The molecule has 3 rings (SSSR count). The van der Waals surface area contributed by atoms with Crippen LogP contribution in [0.1, 0.15) is 69.4 Å². The Bertz CT molecular complexity index is 589. The maximum atomic E-state index is 14.7. The Kier molecular flexibility index (Phi) is 5.88. The van der Waals surface area contributed by atoms with Gasteiger partial charge in [-0.15, -0.1) is 0 Å². The summed E-state index contributed by atoms with van der Waals surface area (Å²) in [5, 5.41) is 0. The third kappa shape index (κ3) is 4.37. The zero-order chi connectivity index (χ0) is 18.9. The summed E-state index contributed by atoms with van der Waals surface area (Å²) in [5.41, 5.74) is 0.678. The molecule has 0 unspecified atom stereocenters. The molecule has 2 aliphatic rings.